The summed E-state index contributed by atoms with van der Waals surface area (Å²) in [5.74, 6) is -0.224. The predicted octanol–water partition coefficient (Wildman–Crippen LogP) is 1.74. The lowest BCUT2D eigenvalue weighted by atomic mass is 10.1. The minimum Gasteiger partial charge on any atom is -0.496 e. The molecule has 0 spiro atoms. The van der Waals surface area contributed by atoms with Crippen molar-refractivity contribution in [2.75, 3.05) is 18.6 Å². The topological polar surface area (TPSA) is 124 Å². The predicted molar refractivity (Wildman–Crippen MR) is 104 cm³/mol. The second-order valence-electron chi connectivity index (χ2n) is 6.78. The molecule has 0 aliphatic carbocycles. The first-order chi connectivity index (χ1) is 13.4. The Hall–Kier alpha value is -2.94. The van der Waals surface area contributed by atoms with Gasteiger partial charge in [0.1, 0.15) is 5.75 Å². The van der Waals surface area contributed by atoms with E-state index in [1.165, 1.54) is 0 Å². The lowest BCUT2D eigenvalue weighted by molar-refractivity contribution is -0.137. The first-order valence-electron chi connectivity index (χ1n) is 9.24. The van der Waals surface area contributed by atoms with Crippen LogP contribution in [0.1, 0.15) is 37.7 Å². The number of benzene rings is 1. The minimum absolute atomic E-state index is 0.166. The Morgan fingerprint density at radius 1 is 1.29 bits per heavy atom. The van der Waals surface area contributed by atoms with E-state index < -0.39 is 18.2 Å². The molecule has 1 aromatic rings. The first kappa shape index (κ1) is 19.8. The summed E-state index contributed by atoms with van der Waals surface area (Å²) in [7, 11) is 1.59. The number of hydrogen-bond acceptors (Lipinski definition) is 7. The summed E-state index contributed by atoms with van der Waals surface area (Å²) in [6.45, 7) is 2.46. The molecular weight excluding hydrogens is 364 g/mol. The van der Waals surface area contributed by atoms with Gasteiger partial charge < -0.3 is 25.2 Å². The van der Waals surface area contributed by atoms with E-state index in [0.29, 0.717) is 30.2 Å². The Morgan fingerprint density at radius 2 is 2.04 bits per heavy atom. The molecule has 0 bridgehead atoms. The standard InChI is InChI=1S/C19H24N4O5/c1-11-9-12-13(10-14(11)28-2)23(8-6-4-3-5-7-15(24)25)17-16(20-12)18(26)22-19(27)21-17/h9-10,19,27H,3-8H2,1-2H3,(H,22,26)(H,24,25). The third kappa shape index (κ3) is 4.14. The van der Waals surface area contributed by atoms with Gasteiger partial charge in [-0.25, -0.2) is 9.98 Å². The van der Waals surface area contributed by atoms with Gasteiger partial charge in [0.15, 0.2) is 11.5 Å². The fourth-order valence-electron chi connectivity index (χ4n) is 3.34. The van der Waals surface area contributed by atoms with Crippen molar-refractivity contribution in [3.63, 3.8) is 0 Å². The molecular formula is C19H24N4O5. The minimum atomic E-state index is -1.31. The summed E-state index contributed by atoms with van der Waals surface area (Å²) in [5, 5.41) is 20.9. The second kappa shape index (κ2) is 8.39. The number of aliphatic imine (C=N–C) groups is 2. The van der Waals surface area contributed by atoms with Gasteiger partial charge in [-0.1, -0.05) is 12.8 Å². The van der Waals surface area contributed by atoms with Crippen LogP contribution in [0.4, 0.5) is 11.4 Å². The first-order valence-corrected chi connectivity index (χ1v) is 9.24. The Bertz CT molecular complexity index is 849. The van der Waals surface area contributed by atoms with Gasteiger partial charge in [-0.3, -0.25) is 9.59 Å². The molecule has 9 nitrogen and oxygen atoms in total. The van der Waals surface area contributed by atoms with Crippen LogP contribution in [-0.4, -0.2) is 53.6 Å². The van der Waals surface area contributed by atoms with E-state index in [9.17, 15) is 14.7 Å². The van der Waals surface area contributed by atoms with E-state index in [4.69, 9.17) is 9.84 Å². The maximum absolute atomic E-state index is 12.3. The molecule has 9 heteroatoms. The number of nitrogens with zero attached hydrogens (tertiary/aromatic N) is 3. The number of unbranched alkanes of at least 4 members (excludes halogenated alkanes) is 3. The van der Waals surface area contributed by atoms with E-state index >= 15 is 0 Å². The number of anilines is 1. The quantitative estimate of drug-likeness (QED) is 0.583. The Kier molecular flexibility index (Phi) is 5.93. The molecule has 0 saturated heterocycles. The highest BCUT2D eigenvalue weighted by molar-refractivity contribution is 6.70. The molecule has 1 unspecified atom stereocenters. The van der Waals surface area contributed by atoms with Crippen LogP contribution in [0.15, 0.2) is 22.1 Å². The zero-order chi connectivity index (χ0) is 20.3. The molecule has 2 heterocycles. The number of carbonyl (C=O) groups is 2. The highest BCUT2D eigenvalue weighted by atomic mass is 16.5. The van der Waals surface area contributed by atoms with Crippen molar-refractivity contribution in [3.8, 4) is 5.75 Å². The van der Waals surface area contributed by atoms with Gasteiger partial charge in [0.2, 0.25) is 6.35 Å². The SMILES string of the molecule is COc1cc2c(cc1C)N=C1C(=O)NC(O)N=C1N2CCCCCCC(=O)O. The third-order valence-electron chi connectivity index (χ3n) is 4.72. The molecule has 0 radical (unpaired) electrons. The highest BCUT2D eigenvalue weighted by Gasteiger charge is 2.35. The number of amides is 1. The van der Waals surface area contributed by atoms with E-state index in [1.54, 1.807) is 7.11 Å². The number of aryl methyl sites for hydroxylation is 1. The number of carboxylic acids is 1. The molecule has 3 N–H and O–H groups in total. The van der Waals surface area contributed by atoms with E-state index in [1.807, 2.05) is 24.0 Å². The van der Waals surface area contributed by atoms with Crippen LogP contribution in [0, 0.1) is 6.92 Å². The van der Waals surface area contributed by atoms with E-state index in [0.717, 1.165) is 30.5 Å². The maximum Gasteiger partial charge on any atom is 0.303 e. The molecule has 1 atom stereocenters. The molecule has 3 rings (SSSR count). The van der Waals surface area contributed by atoms with Gasteiger partial charge in [-0.2, -0.15) is 0 Å². The smallest absolute Gasteiger partial charge is 0.303 e. The molecule has 1 aromatic carbocycles. The number of rotatable bonds is 8. The third-order valence-corrected chi connectivity index (χ3v) is 4.72. The maximum atomic E-state index is 12.3. The van der Waals surface area contributed by atoms with Gasteiger partial charge in [0, 0.05) is 19.0 Å². The molecule has 0 aromatic heterocycles. The number of aliphatic carboxylic acids is 1. The number of nitrogens with one attached hydrogen (secondary N) is 1. The summed E-state index contributed by atoms with van der Waals surface area (Å²) < 4.78 is 5.42. The zero-order valence-corrected chi connectivity index (χ0v) is 15.9. The molecule has 0 fully saturated rings. The van der Waals surface area contributed by atoms with Crippen LogP contribution in [0.5, 0.6) is 5.75 Å². The van der Waals surface area contributed by atoms with Crippen molar-refractivity contribution >= 4 is 34.8 Å². The van der Waals surface area contributed by atoms with Crippen LogP contribution in [0.25, 0.3) is 0 Å². The molecule has 2 aliphatic heterocycles. The second-order valence-corrected chi connectivity index (χ2v) is 6.78. The lowest BCUT2D eigenvalue weighted by Crippen LogP contribution is -2.53. The number of fused-ring (bicyclic) bond motifs is 2. The zero-order valence-electron chi connectivity index (χ0n) is 15.9. The average molecular weight is 388 g/mol. The lowest BCUT2D eigenvalue weighted by Gasteiger charge is -2.34. The van der Waals surface area contributed by atoms with Crippen LogP contribution in [0.3, 0.4) is 0 Å². The molecule has 0 saturated carbocycles. The summed E-state index contributed by atoms with van der Waals surface area (Å²) >= 11 is 0. The molecule has 2 aliphatic rings. The van der Waals surface area contributed by atoms with Crippen LogP contribution >= 0.6 is 0 Å². The van der Waals surface area contributed by atoms with E-state index in [2.05, 4.69) is 15.3 Å². The number of amidine groups is 1. The number of hydrogen-bond donors (Lipinski definition) is 3. The van der Waals surface area contributed by atoms with Crippen molar-refractivity contribution in [2.45, 2.75) is 45.4 Å². The van der Waals surface area contributed by atoms with Crippen LogP contribution < -0.4 is 15.0 Å². The van der Waals surface area contributed by atoms with Crippen LogP contribution in [0.2, 0.25) is 0 Å². The van der Waals surface area contributed by atoms with E-state index in [-0.39, 0.29) is 12.1 Å². The number of carboxylic acid groups (broad SMARTS) is 1. The normalized spacial score (nSPS) is 17.9. The highest BCUT2D eigenvalue weighted by Crippen LogP contribution is 2.39. The largest absolute Gasteiger partial charge is 0.496 e. The monoisotopic (exact) mass is 388 g/mol. The average Bonchev–Trinajstić information content (AvgIpc) is 2.63. The number of methoxy groups -OCH3 is 1. The van der Waals surface area contributed by atoms with Crippen molar-refractivity contribution in [3.05, 3.63) is 17.7 Å². The fourth-order valence-corrected chi connectivity index (χ4v) is 3.34. The van der Waals surface area contributed by atoms with Crippen molar-refractivity contribution < 1.29 is 24.5 Å². The fraction of sp³-hybridized carbons (Fsp3) is 0.474. The summed E-state index contributed by atoms with van der Waals surface area (Å²) in [6, 6.07) is 3.72. The number of aliphatic hydroxyl groups is 1. The van der Waals surface area contributed by atoms with Crippen molar-refractivity contribution in [1.29, 1.82) is 0 Å². The molecule has 28 heavy (non-hydrogen) atoms. The summed E-state index contributed by atoms with van der Waals surface area (Å²) in [5.41, 5.74) is 2.48. The Labute approximate surface area is 162 Å². The number of ether oxygens (including phenoxy) is 1. The van der Waals surface area contributed by atoms with Crippen LogP contribution in [-0.2, 0) is 9.59 Å². The Morgan fingerprint density at radius 3 is 2.75 bits per heavy atom. The number of aliphatic hydroxyl groups excluding tert-OH is 1. The molecule has 150 valence electrons. The summed E-state index contributed by atoms with van der Waals surface area (Å²) in [6.07, 6.45) is 1.91. The van der Waals surface area contributed by atoms with Gasteiger partial charge in [0.05, 0.1) is 18.5 Å². The van der Waals surface area contributed by atoms with Gasteiger partial charge in [0.25, 0.3) is 5.91 Å². The van der Waals surface area contributed by atoms with Crippen molar-refractivity contribution in [1.82, 2.24) is 5.32 Å². The summed E-state index contributed by atoms with van der Waals surface area (Å²) in [4.78, 5) is 33.4. The number of carbonyl (C=O) groups excluding carboxylic acids is 1. The van der Waals surface area contributed by atoms with Crippen molar-refractivity contribution in [2.24, 2.45) is 9.98 Å². The molecule has 1 amide bonds. The van der Waals surface area contributed by atoms with Gasteiger partial charge in [-0.15, -0.1) is 0 Å². The van der Waals surface area contributed by atoms with Gasteiger partial charge in [-0.05, 0) is 31.4 Å². The van der Waals surface area contributed by atoms with Gasteiger partial charge >= 0.3 is 5.97 Å². The Balaban J connectivity index is 1.85.